The first-order valence-corrected chi connectivity index (χ1v) is 6.72. The van der Waals surface area contributed by atoms with Crippen molar-refractivity contribution >= 4 is 21.8 Å². The van der Waals surface area contributed by atoms with Crippen LogP contribution in [0.2, 0.25) is 0 Å². The molecule has 0 N–H and O–H groups in total. The third-order valence-electron chi connectivity index (χ3n) is 2.27. The summed E-state index contributed by atoms with van der Waals surface area (Å²) in [5.41, 5.74) is 0.609. The minimum Gasteiger partial charge on any atom is -0.457 e. The zero-order chi connectivity index (χ0) is 13.0. The van der Waals surface area contributed by atoms with Crippen LogP contribution >= 0.6 is 15.9 Å². The van der Waals surface area contributed by atoms with Crippen LogP contribution in [0, 0.1) is 11.8 Å². The van der Waals surface area contributed by atoms with E-state index in [0.29, 0.717) is 22.1 Å². The third-order valence-corrected chi connectivity index (χ3v) is 2.69. The Labute approximate surface area is 111 Å². The van der Waals surface area contributed by atoms with E-state index in [1.165, 1.54) is 6.26 Å². The van der Waals surface area contributed by atoms with Crippen molar-refractivity contribution in [2.24, 2.45) is 11.8 Å². The summed E-state index contributed by atoms with van der Waals surface area (Å²) in [4.78, 5) is 14.2. The average Bonchev–Trinajstić information content (AvgIpc) is 2.61. The zero-order valence-electron chi connectivity index (χ0n) is 10.9. The van der Waals surface area contributed by atoms with Crippen molar-refractivity contribution in [1.29, 1.82) is 0 Å². The maximum atomic E-state index is 12.3. The van der Waals surface area contributed by atoms with Crippen molar-refractivity contribution in [3.8, 4) is 0 Å². The van der Waals surface area contributed by atoms with E-state index in [1.807, 2.05) is 4.90 Å². The van der Waals surface area contributed by atoms with E-state index in [1.54, 1.807) is 6.07 Å². The fraction of sp³-hybridized carbons (Fsp3) is 0.615. The van der Waals surface area contributed by atoms with Gasteiger partial charge in [0, 0.05) is 19.2 Å². The molecule has 0 radical (unpaired) electrons. The summed E-state index contributed by atoms with van der Waals surface area (Å²) in [7, 11) is 0. The molecule has 0 fully saturated rings. The van der Waals surface area contributed by atoms with E-state index in [2.05, 4.69) is 43.6 Å². The highest BCUT2D eigenvalue weighted by Gasteiger charge is 2.19. The van der Waals surface area contributed by atoms with Crippen molar-refractivity contribution in [3.63, 3.8) is 0 Å². The van der Waals surface area contributed by atoms with Crippen molar-refractivity contribution in [2.75, 3.05) is 13.1 Å². The van der Waals surface area contributed by atoms with Crippen LogP contribution in [0.3, 0.4) is 0 Å². The van der Waals surface area contributed by atoms with E-state index in [0.717, 1.165) is 13.1 Å². The molecule has 0 aliphatic rings. The highest BCUT2D eigenvalue weighted by atomic mass is 79.9. The molecule has 17 heavy (non-hydrogen) atoms. The summed E-state index contributed by atoms with van der Waals surface area (Å²) in [6, 6.07) is 1.72. The van der Waals surface area contributed by atoms with E-state index in [9.17, 15) is 4.79 Å². The lowest BCUT2D eigenvalue weighted by molar-refractivity contribution is 0.0714. The number of halogens is 1. The van der Waals surface area contributed by atoms with Crippen LogP contribution in [0.4, 0.5) is 0 Å². The van der Waals surface area contributed by atoms with Crippen LogP contribution in [-0.2, 0) is 0 Å². The molecule has 0 aliphatic heterocycles. The fourth-order valence-corrected chi connectivity index (χ4v) is 2.07. The van der Waals surface area contributed by atoms with Gasteiger partial charge < -0.3 is 9.32 Å². The molecule has 1 heterocycles. The molecule has 0 spiro atoms. The largest absolute Gasteiger partial charge is 0.457 e. The molecule has 1 aromatic rings. The third kappa shape index (κ3) is 4.54. The first kappa shape index (κ1) is 14.3. The Hall–Kier alpha value is -0.770. The van der Waals surface area contributed by atoms with Crippen molar-refractivity contribution < 1.29 is 9.21 Å². The van der Waals surface area contributed by atoms with Crippen LogP contribution in [0.15, 0.2) is 21.4 Å². The number of nitrogens with zero attached hydrogens (tertiary/aromatic N) is 1. The number of rotatable bonds is 5. The molecule has 0 aromatic carbocycles. The lowest BCUT2D eigenvalue weighted by Crippen LogP contribution is -2.36. The van der Waals surface area contributed by atoms with Gasteiger partial charge in [-0.15, -0.1) is 0 Å². The second kappa shape index (κ2) is 6.24. The summed E-state index contributed by atoms with van der Waals surface area (Å²) in [5.74, 6) is 0.975. The van der Waals surface area contributed by atoms with Crippen LogP contribution in [-0.4, -0.2) is 23.9 Å². The average molecular weight is 302 g/mol. The first-order valence-electron chi connectivity index (χ1n) is 5.93. The summed E-state index contributed by atoms with van der Waals surface area (Å²) in [5, 5.41) is 0. The number of hydrogen-bond acceptors (Lipinski definition) is 2. The number of carbonyl (C=O) groups excluding carboxylic acids is 1. The number of hydrogen-bond donors (Lipinski definition) is 0. The Balaban J connectivity index is 2.78. The van der Waals surface area contributed by atoms with Crippen LogP contribution in [0.5, 0.6) is 0 Å². The van der Waals surface area contributed by atoms with E-state index < -0.39 is 0 Å². The Bertz CT molecular complexity index is 361. The second-order valence-corrected chi connectivity index (χ2v) is 5.92. The smallest absolute Gasteiger partial charge is 0.257 e. The molecule has 3 nitrogen and oxygen atoms in total. The van der Waals surface area contributed by atoms with E-state index >= 15 is 0 Å². The van der Waals surface area contributed by atoms with Crippen molar-refractivity contribution in [2.45, 2.75) is 27.7 Å². The van der Waals surface area contributed by atoms with Gasteiger partial charge in [-0.05, 0) is 27.8 Å². The quantitative estimate of drug-likeness (QED) is 0.829. The summed E-state index contributed by atoms with van der Waals surface area (Å²) >= 11 is 3.21. The molecule has 0 atom stereocenters. The predicted octanol–water partition coefficient (Wildman–Crippen LogP) is 3.80. The Morgan fingerprint density at radius 1 is 1.29 bits per heavy atom. The van der Waals surface area contributed by atoms with Gasteiger partial charge in [0.05, 0.1) is 5.56 Å². The van der Waals surface area contributed by atoms with Gasteiger partial charge >= 0.3 is 0 Å². The Morgan fingerprint density at radius 2 is 1.82 bits per heavy atom. The summed E-state index contributed by atoms with van der Waals surface area (Å²) in [6.45, 7) is 10.0. The van der Waals surface area contributed by atoms with E-state index in [4.69, 9.17) is 4.42 Å². The minimum atomic E-state index is 0.0434. The molecule has 1 rings (SSSR count). The highest BCUT2D eigenvalue weighted by molar-refractivity contribution is 9.10. The molecule has 4 heteroatoms. The molecular weight excluding hydrogens is 282 g/mol. The van der Waals surface area contributed by atoms with Crippen LogP contribution in [0.25, 0.3) is 0 Å². The second-order valence-electron chi connectivity index (χ2n) is 5.14. The standard InChI is InChI=1S/C13H20BrNO2/c1-9(2)6-15(7-10(3)4)13(16)11-5-12(14)17-8-11/h5,8-10H,6-7H2,1-4H3. The maximum Gasteiger partial charge on any atom is 0.257 e. The molecule has 1 amide bonds. The van der Waals surface area contributed by atoms with Crippen LogP contribution in [0.1, 0.15) is 38.1 Å². The van der Waals surface area contributed by atoms with Crippen molar-refractivity contribution in [3.05, 3.63) is 22.6 Å². The fourth-order valence-electron chi connectivity index (χ4n) is 1.73. The number of furan rings is 1. The summed E-state index contributed by atoms with van der Waals surface area (Å²) in [6.07, 6.45) is 1.50. The maximum absolute atomic E-state index is 12.3. The Morgan fingerprint density at radius 3 is 2.18 bits per heavy atom. The topological polar surface area (TPSA) is 33.5 Å². The molecule has 1 aromatic heterocycles. The molecule has 0 unspecified atom stereocenters. The van der Waals surface area contributed by atoms with Gasteiger partial charge in [-0.3, -0.25) is 4.79 Å². The highest BCUT2D eigenvalue weighted by Crippen LogP contribution is 2.17. The van der Waals surface area contributed by atoms with Gasteiger partial charge in [0.15, 0.2) is 4.67 Å². The molecule has 0 saturated heterocycles. The lowest BCUT2D eigenvalue weighted by Gasteiger charge is -2.25. The predicted molar refractivity (Wildman–Crippen MR) is 72.0 cm³/mol. The normalized spacial score (nSPS) is 11.2. The zero-order valence-corrected chi connectivity index (χ0v) is 12.5. The molecular formula is C13H20BrNO2. The van der Waals surface area contributed by atoms with Gasteiger partial charge in [0.25, 0.3) is 5.91 Å². The monoisotopic (exact) mass is 301 g/mol. The first-order chi connectivity index (χ1) is 7.90. The van der Waals surface area contributed by atoms with E-state index in [-0.39, 0.29) is 5.91 Å². The number of amides is 1. The number of carbonyl (C=O) groups is 1. The molecule has 0 bridgehead atoms. The van der Waals surface area contributed by atoms with Gasteiger partial charge in [-0.25, -0.2) is 0 Å². The molecule has 0 aliphatic carbocycles. The molecule has 96 valence electrons. The van der Waals surface area contributed by atoms with Gasteiger partial charge in [-0.2, -0.15) is 0 Å². The SMILES string of the molecule is CC(C)CN(CC(C)C)C(=O)c1coc(Br)c1. The summed E-state index contributed by atoms with van der Waals surface area (Å²) < 4.78 is 5.71. The lowest BCUT2D eigenvalue weighted by atomic mass is 10.1. The Kier molecular flexibility index (Phi) is 5.25. The van der Waals surface area contributed by atoms with Crippen LogP contribution < -0.4 is 0 Å². The van der Waals surface area contributed by atoms with Gasteiger partial charge in [-0.1, -0.05) is 27.7 Å². The minimum absolute atomic E-state index is 0.0434. The van der Waals surface area contributed by atoms with Crippen molar-refractivity contribution in [1.82, 2.24) is 4.90 Å². The van der Waals surface area contributed by atoms with Gasteiger partial charge in [0.1, 0.15) is 6.26 Å². The van der Waals surface area contributed by atoms with Gasteiger partial charge in [0.2, 0.25) is 0 Å². The molecule has 0 saturated carbocycles.